The van der Waals surface area contributed by atoms with Crippen molar-refractivity contribution < 1.29 is 9.13 Å². The van der Waals surface area contributed by atoms with Crippen LogP contribution in [0.5, 0.6) is 5.75 Å². The van der Waals surface area contributed by atoms with Crippen molar-refractivity contribution in [2.45, 2.75) is 12.1 Å². The summed E-state index contributed by atoms with van der Waals surface area (Å²) in [6.45, 7) is 2.89. The van der Waals surface area contributed by atoms with Crippen LogP contribution in [0.1, 0.15) is 11.6 Å². The molecule has 20 heavy (non-hydrogen) atoms. The molecule has 0 radical (unpaired) electrons. The Morgan fingerprint density at radius 2 is 2.15 bits per heavy atom. The summed E-state index contributed by atoms with van der Waals surface area (Å²) in [5.41, 5.74) is 3.66. The number of hydrogen-bond donors (Lipinski definition) is 2. The zero-order chi connectivity index (χ0) is 14.7. The number of nitrogens with zero attached hydrogens (tertiary/aromatic N) is 2. The van der Waals surface area contributed by atoms with E-state index in [0.29, 0.717) is 0 Å². The minimum absolute atomic E-state index is 0.122. The molecule has 1 saturated heterocycles. The average Bonchev–Trinajstić information content (AvgIpc) is 2.44. The van der Waals surface area contributed by atoms with Gasteiger partial charge in [0.1, 0.15) is 0 Å². The van der Waals surface area contributed by atoms with Crippen LogP contribution in [0.2, 0.25) is 0 Å². The van der Waals surface area contributed by atoms with Gasteiger partial charge >= 0.3 is 0 Å². The van der Waals surface area contributed by atoms with Crippen molar-refractivity contribution in [1.82, 2.24) is 15.2 Å². The second-order valence-electron chi connectivity index (χ2n) is 5.35. The van der Waals surface area contributed by atoms with Crippen molar-refractivity contribution in [1.29, 1.82) is 0 Å². The molecule has 0 spiro atoms. The summed E-state index contributed by atoms with van der Waals surface area (Å²) in [5, 5.41) is 0. The lowest BCUT2D eigenvalue weighted by Crippen LogP contribution is -2.56. The van der Waals surface area contributed by atoms with Crippen molar-refractivity contribution in [3.63, 3.8) is 0 Å². The lowest BCUT2D eigenvalue weighted by molar-refractivity contribution is 0.0875. The van der Waals surface area contributed by atoms with Crippen molar-refractivity contribution in [3.8, 4) is 5.75 Å². The first kappa shape index (κ1) is 15.2. The molecule has 2 rings (SSSR count). The van der Waals surface area contributed by atoms with Gasteiger partial charge in [-0.15, -0.1) is 0 Å². The first-order chi connectivity index (χ1) is 9.56. The van der Waals surface area contributed by atoms with Gasteiger partial charge in [-0.3, -0.25) is 16.2 Å². The number of halogens is 1. The number of hydrazine groups is 1. The minimum atomic E-state index is -0.364. The average molecular weight is 282 g/mol. The Labute approximate surface area is 119 Å². The van der Waals surface area contributed by atoms with E-state index in [2.05, 4.69) is 29.3 Å². The van der Waals surface area contributed by atoms with Gasteiger partial charge in [-0.05, 0) is 31.8 Å². The number of nitrogens with two attached hydrogens (primary N) is 1. The van der Waals surface area contributed by atoms with Gasteiger partial charge in [-0.2, -0.15) is 0 Å². The number of rotatable bonds is 4. The van der Waals surface area contributed by atoms with Crippen molar-refractivity contribution in [3.05, 3.63) is 29.6 Å². The zero-order valence-corrected chi connectivity index (χ0v) is 12.3. The monoisotopic (exact) mass is 282 g/mol. The Morgan fingerprint density at radius 1 is 1.40 bits per heavy atom. The van der Waals surface area contributed by atoms with E-state index in [1.165, 1.54) is 13.2 Å². The normalized spacial score (nSPS) is 22.8. The highest BCUT2D eigenvalue weighted by Crippen LogP contribution is 2.26. The molecule has 1 heterocycles. The van der Waals surface area contributed by atoms with Crippen LogP contribution in [-0.4, -0.2) is 56.7 Å². The second-order valence-corrected chi connectivity index (χ2v) is 5.35. The summed E-state index contributed by atoms with van der Waals surface area (Å²) in [6, 6.07) is 5.07. The van der Waals surface area contributed by atoms with Crippen LogP contribution < -0.4 is 16.0 Å². The molecule has 1 aromatic carbocycles. The number of nitrogens with one attached hydrogen (secondary N) is 1. The van der Waals surface area contributed by atoms with Gasteiger partial charge in [0.05, 0.1) is 13.2 Å². The number of piperazine rings is 1. The van der Waals surface area contributed by atoms with Crippen LogP contribution in [0.4, 0.5) is 4.39 Å². The third kappa shape index (κ3) is 3.09. The smallest absolute Gasteiger partial charge is 0.165 e. The van der Waals surface area contributed by atoms with Gasteiger partial charge in [0.25, 0.3) is 0 Å². The number of likely N-dealkylation sites (N-methyl/N-ethyl adjacent to an activating group) is 2. The first-order valence-electron chi connectivity index (χ1n) is 6.75. The Morgan fingerprint density at radius 3 is 2.75 bits per heavy atom. The molecule has 0 amide bonds. The zero-order valence-electron chi connectivity index (χ0n) is 12.3. The summed E-state index contributed by atoms with van der Waals surface area (Å²) in [7, 11) is 5.62. The Balaban J connectivity index is 2.24. The molecule has 1 aromatic rings. The van der Waals surface area contributed by atoms with E-state index in [1.54, 1.807) is 6.07 Å². The maximum atomic E-state index is 13.9. The maximum Gasteiger partial charge on any atom is 0.165 e. The Bertz CT molecular complexity index is 457. The van der Waals surface area contributed by atoms with Crippen molar-refractivity contribution in [2.75, 3.05) is 40.8 Å². The summed E-state index contributed by atoms with van der Waals surface area (Å²) >= 11 is 0. The predicted octanol–water partition coefficient (Wildman–Crippen LogP) is 0.585. The summed E-state index contributed by atoms with van der Waals surface area (Å²) < 4.78 is 18.8. The fraction of sp³-hybridized carbons (Fsp3) is 0.571. The van der Waals surface area contributed by atoms with Gasteiger partial charge in [0, 0.05) is 25.7 Å². The number of methoxy groups -OCH3 is 1. The van der Waals surface area contributed by atoms with Crippen LogP contribution in [0, 0.1) is 5.82 Å². The van der Waals surface area contributed by atoms with Crippen molar-refractivity contribution in [2.24, 2.45) is 5.84 Å². The molecule has 0 aliphatic carbocycles. The van der Waals surface area contributed by atoms with E-state index in [0.717, 1.165) is 25.2 Å². The summed E-state index contributed by atoms with van der Waals surface area (Å²) in [6.07, 6.45) is 0. The van der Waals surface area contributed by atoms with E-state index in [9.17, 15) is 4.39 Å². The molecule has 1 aliphatic rings. The molecule has 2 unspecified atom stereocenters. The summed E-state index contributed by atoms with van der Waals surface area (Å²) in [5.74, 6) is 5.60. The molecule has 2 atom stereocenters. The van der Waals surface area contributed by atoms with E-state index >= 15 is 0 Å². The van der Waals surface area contributed by atoms with Gasteiger partial charge in [-0.25, -0.2) is 4.39 Å². The largest absolute Gasteiger partial charge is 0.494 e. The van der Waals surface area contributed by atoms with Gasteiger partial charge in [0.2, 0.25) is 0 Å². The van der Waals surface area contributed by atoms with Crippen LogP contribution in [0.25, 0.3) is 0 Å². The Kier molecular flexibility index (Phi) is 4.93. The first-order valence-corrected chi connectivity index (χ1v) is 6.75. The predicted molar refractivity (Wildman–Crippen MR) is 76.9 cm³/mol. The second kappa shape index (κ2) is 6.49. The van der Waals surface area contributed by atoms with Gasteiger partial charge in [-0.1, -0.05) is 6.07 Å². The molecule has 5 nitrogen and oxygen atoms in total. The molecular weight excluding hydrogens is 259 g/mol. The van der Waals surface area contributed by atoms with E-state index in [-0.39, 0.29) is 23.7 Å². The fourth-order valence-corrected chi connectivity index (χ4v) is 2.71. The van der Waals surface area contributed by atoms with E-state index < -0.39 is 0 Å². The van der Waals surface area contributed by atoms with E-state index in [1.807, 2.05) is 6.07 Å². The molecule has 112 valence electrons. The molecule has 0 aromatic heterocycles. The third-order valence-electron chi connectivity index (χ3n) is 4.00. The third-order valence-corrected chi connectivity index (χ3v) is 4.00. The SMILES string of the molecule is COc1ccc(C(NN)C2CN(C)CCN2C)cc1F. The lowest BCUT2D eigenvalue weighted by atomic mass is 9.96. The number of ether oxygens (including phenoxy) is 1. The van der Waals surface area contributed by atoms with Gasteiger partial charge < -0.3 is 9.64 Å². The molecule has 0 bridgehead atoms. The maximum absolute atomic E-state index is 13.9. The summed E-state index contributed by atoms with van der Waals surface area (Å²) in [4.78, 5) is 4.52. The molecule has 3 N–H and O–H groups in total. The molecular formula is C14H23FN4O. The fourth-order valence-electron chi connectivity index (χ4n) is 2.71. The van der Waals surface area contributed by atoms with Gasteiger partial charge in [0.15, 0.2) is 11.6 Å². The molecule has 1 aliphatic heterocycles. The molecule has 1 fully saturated rings. The van der Waals surface area contributed by atoms with Crippen molar-refractivity contribution >= 4 is 0 Å². The molecule has 0 saturated carbocycles. The topological polar surface area (TPSA) is 53.8 Å². The van der Waals surface area contributed by atoms with Crippen LogP contribution in [0.3, 0.4) is 0 Å². The highest BCUT2D eigenvalue weighted by Gasteiger charge is 2.30. The van der Waals surface area contributed by atoms with E-state index in [4.69, 9.17) is 10.6 Å². The lowest BCUT2D eigenvalue weighted by Gasteiger charge is -2.41. The highest BCUT2D eigenvalue weighted by atomic mass is 19.1. The van der Waals surface area contributed by atoms with Crippen LogP contribution in [-0.2, 0) is 0 Å². The highest BCUT2D eigenvalue weighted by molar-refractivity contribution is 5.31. The minimum Gasteiger partial charge on any atom is -0.494 e. The van der Waals surface area contributed by atoms with Crippen LogP contribution in [0.15, 0.2) is 18.2 Å². The number of benzene rings is 1. The molecule has 6 heteroatoms. The standard InChI is InChI=1S/C14H23FN4O/c1-18-6-7-19(2)12(9-18)14(17-16)10-4-5-13(20-3)11(15)8-10/h4-5,8,12,14,17H,6-7,9,16H2,1-3H3. The number of hydrogen-bond acceptors (Lipinski definition) is 5. The Hall–Kier alpha value is -1.21. The van der Waals surface area contributed by atoms with Crippen LogP contribution >= 0.6 is 0 Å². The quantitative estimate of drug-likeness (QED) is 0.625.